The predicted molar refractivity (Wildman–Crippen MR) is 68.1 cm³/mol. The maximum absolute atomic E-state index is 13.1. The molecule has 3 rings (SSSR count). The van der Waals surface area contributed by atoms with E-state index in [9.17, 15) is 4.39 Å². The van der Waals surface area contributed by atoms with Gasteiger partial charge in [-0.1, -0.05) is 0 Å². The van der Waals surface area contributed by atoms with Crippen molar-refractivity contribution in [3.63, 3.8) is 0 Å². The lowest BCUT2D eigenvalue weighted by Crippen LogP contribution is -2.06. The van der Waals surface area contributed by atoms with Crippen LogP contribution in [0.25, 0.3) is 22.6 Å². The predicted octanol–water partition coefficient (Wildman–Crippen LogP) is 3.03. The molecule has 1 N–H and O–H groups in total. The Morgan fingerprint density at radius 3 is 2.78 bits per heavy atom. The molecule has 0 bridgehead atoms. The summed E-state index contributed by atoms with van der Waals surface area (Å²) in [5.41, 5.74) is 1.38. The van der Waals surface area contributed by atoms with Crippen molar-refractivity contribution < 1.29 is 8.81 Å². The summed E-state index contributed by atoms with van der Waals surface area (Å²) in [5.74, 6) is 1.70. The third-order valence-corrected chi connectivity index (χ3v) is 2.71. The molecule has 0 aliphatic heterocycles. The molecule has 5 heteroatoms. The number of nitrogens with one attached hydrogen (secondary N) is 1. The van der Waals surface area contributed by atoms with Crippen molar-refractivity contribution in [3.05, 3.63) is 36.1 Å². The summed E-state index contributed by atoms with van der Waals surface area (Å²) in [7, 11) is 3.80. The van der Waals surface area contributed by atoms with Crippen molar-refractivity contribution in [1.29, 1.82) is 0 Å². The van der Waals surface area contributed by atoms with Crippen molar-refractivity contribution in [1.82, 2.24) is 9.97 Å². The van der Waals surface area contributed by atoms with Gasteiger partial charge in [-0.3, -0.25) is 0 Å². The van der Waals surface area contributed by atoms with Crippen LogP contribution in [0, 0.1) is 5.82 Å². The highest BCUT2D eigenvalue weighted by Crippen LogP contribution is 2.26. The Bertz CT molecular complexity index is 699. The molecule has 0 amide bonds. The summed E-state index contributed by atoms with van der Waals surface area (Å²) in [6.07, 6.45) is 0. The molecule has 0 radical (unpaired) electrons. The van der Waals surface area contributed by atoms with Crippen LogP contribution in [0.5, 0.6) is 0 Å². The maximum atomic E-state index is 13.1. The number of benzene rings is 1. The van der Waals surface area contributed by atoms with Crippen LogP contribution < -0.4 is 4.90 Å². The second kappa shape index (κ2) is 3.87. The molecule has 92 valence electrons. The summed E-state index contributed by atoms with van der Waals surface area (Å²) < 4.78 is 18.7. The summed E-state index contributed by atoms with van der Waals surface area (Å²) in [5, 5.41) is 0. The number of anilines is 1. The van der Waals surface area contributed by atoms with Gasteiger partial charge in [-0.15, -0.1) is 0 Å². The van der Waals surface area contributed by atoms with Crippen LogP contribution >= 0.6 is 0 Å². The average Bonchev–Trinajstić information content (AvgIpc) is 2.93. The van der Waals surface area contributed by atoms with Crippen molar-refractivity contribution in [3.8, 4) is 11.6 Å². The lowest BCUT2D eigenvalue weighted by molar-refractivity contribution is 0.575. The van der Waals surface area contributed by atoms with Crippen LogP contribution in [0.4, 0.5) is 10.3 Å². The van der Waals surface area contributed by atoms with E-state index in [-0.39, 0.29) is 5.82 Å². The van der Waals surface area contributed by atoms with Gasteiger partial charge in [-0.2, -0.15) is 0 Å². The van der Waals surface area contributed by atoms with Crippen LogP contribution in [0.1, 0.15) is 0 Å². The van der Waals surface area contributed by atoms with E-state index in [4.69, 9.17) is 4.42 Å². The lowest BCUT2D eigenvalue weighted by atomic mass is 10.3. The van der Waals surface area contributed by atoms with Gasteiger partial charge in [0.15, 0.2) is 17.5 Å². The minimum absolute atomic E-state index is 0.286. The molecule has 0 aliphatic rings. The molecule has 0 saturated heterocycles. The van der Waals surface area contributed by atoms with E-state index in [0.29, 0.717) is 22.6 Å². The molecule has 0 atom stereocenters. The van der Waals surface area contributed by atoms with Gasteiger partial charge in [0.05, 0.1) is 11.0 Å². The van der Waals surface area contributed by atoms with Crippen LogP contribution in [-0.4, -0.2) is 24.1 Å². The Labute approximate surface area is 103 Å². The zero-order valence-electron chi connectivity index (χ0n) is 10.1. The Kier molecular flexibility index (Phi) is 2.33. The molecule has 0 aliphatic carbocycles. The van der Waals surface area contributed by atoms with Gasteiger partial charge in [0, 0.05) is 20.2 Å². The summed E-state index contributed by atoms with van der Waals surface area (Å²) in [6.45, 7) is 0. The molecule has 0 spiro atoms. The van der Waals surface area contributed by atoms with E-state index in [1.54, 1.807) is 6.07 Å². The van der Waals surface area contributed by atoms with Crippen LogP contribution in [0.15, 0.2) is 34.7 Å². The smallest absolute Gasteiger partial charge is 0.195 e. The molecule has 0 saturated carbocycles. The topological polar surface area (TPSA) is 45.1 Å². The quantitative estimate of drug-likeness (QED) is 0.754. The highest BCUT2D eigenvalue weighted by atomic mass is 19.1. The molecule has 4 nitrogen and oxygen atoms in total. The van der Waals surface area contributed by atoms with E-state index in [1.165, 1.54) is 12.1 Å². The van der Waals surface area contributed by atoms with Gasteiger partial charge in [0.25, 0.3) is 0 Å². The number of nitrogens with zero attached hydrogens (tertiary/aromatic N) is 2. The molecule has 2 aromatic heterocycles. The Morgan fingerprint density at radius 1 is 1.22 bits per heavy atom. The van der Waals surface area contributed by atoms with E-state index >= 15 is 0 Å². The number of halogens is 1. The minimum Gasteiger partial charge on any atom is -0.437 e. The van der Waals surface area contributed by atoms with Crippen molar-refractivity contribution in [2.24, 2.45) is 0 Å². The molecular weight excluding hydrogens is 233 g/mol. The van der Waals surface area contributed by atoms with E-state index < -0.39 is 0 Å². The van der Waals surface area contributed by atoms with Crippen molar-refractivity contribution >= 4 is 16.9 Å². The summed E-state index contributed by atoms with van der Waals surface area (Å²) >= 11 is 0. The number of aromatic amines is 1. The fourth-order valence-corrected chi connectivity index (χ4v) is 1.79. The highest BCUT2D eigenvalue weighted by molar-refractivity contribution is 5.78. The maximum Gasteiger partial charge on any atom is 0.195 e. The zero-order chi connectivity index (χ0) is 12.7. The second-order valence-corrected chi connectivity index (χ2v) is 4.28. The van der Waals surface area contributed by atoms with Gasteiger partial charge in [-0.05, 0) is 24.3 Å². The number of H-pyrrole nitrogens is 1. The third-order valence-electron chi connectivity index (χ3n) is 2.71. The summed E-state index contributed by atoms with van der Waals surface area (Å²) in [6, 6.07) is 8.15. The van der Waals surface area contributed by atoms with Crippen LogP contribution in [0.2, 0.25) is 0 Å². The highest BCUT2D eigenvalue weighted by Gasteiger charge is 2.10. The van der Waals surface area contributed by atoms with Crippen LogP contribution in [0.3, 0.4) is 0 Å². The molecule has 0 unspecified atom stereocenters. The molecular formula is C13H12FN3O. The second-order valence-electron chi connectivity index (χ2n) is 4.28. The van der Waals surface area contributed by atoms with Gasteiger partial charge < -0.3 is 14.3 Å². The van der Waals surface area contributed by atoms with Gasteiger partial charge >= 0.3 is 0 Å². The molecule has 0 fully saturated rings. The monoisotopic (exact) mass is 245 g/mol. The number of aromatic nitrogens is 2. The molecule has 1 aromatic carbocycles. The Morgan fingerprint density at radius 2 is 2.06 bits per heavy atom. The summed E-state index contributed by atoms with van der Waals surface area (Å²) in [4.78, 5) is 9.27. The molecule has 18 heavy (non-hydrogen) atoms. The van der Waals surface area contributed by atoms with Crippen molar-refractivity contribution in [2.45, 2.75) is 0 Å². The molecule has 2 heterocycles. The average molecular weight is 245 g/mol. The SMILES string of the molecule is CN(C)c1ccc(-c2nc3ccc(F)cc3[nH]2)o1. The number of hydrogen-bond donors (Lipinski definition) is 1. The first kappa shape index (κ1) is 10.8. The first-order valence-electron chi connectivity index (χ1n) is 5.56. The van der Waals surface area contributed by atoms with Gasteiger partial charge in [-0.25, -0.2) is 9.37 Å². The van der Waals surface area contributed by atoms with Gasteiger partial charge in [0.1, 0.15) is 5.82 Å². The number of furan rings is 1. The first-order chi connectivity index (χ1) is 8.63. The minimum atomic E-state index is -0.286. The van der Waals surface area contributed by atoms with Crippen molar-refractivity contribution in [2.75, 3.05) is 19.0 Å². The fourth-order valence-electron chi connectivity index (χ4n) is 1.79. The Balaban J connectivity index is 2.07. The number of hydrogen-bond acceptors (Lipinski definition) is 3. The molecule has 3 aromatic rings. The number of fused-ring (bicyclic) bond motifs is 1. The zero-order valence-corrected chi connectivity index (χ0v) is 10.1. The largest absolute Gasteiger partial charge is 0.437 e. The first-order valence-corrected chi connectivity index (χ1v) is 5.56. The fraction of sp³-hybridized carbons (Fsp3) is 0.154. The number of imidazole rings is 1. The van der Waals surface area contributed by atoms with Crippen LogP contribution in [-0.2, 0) is 0 Å². The van der Waals surface area contributed by atoms with Gasteiger partial charge in [0.2, 0.25) is 0 Å². The third kappa shape index (κ3) is 1.73. The number of rotatable bonds is 2. The van der Waals surface area contributed by atoms with E-state index in [0.717, 1.165) is 5.88 Å². The van der Waals surface area contributed by atoms with E-state index in [1.807, 2.05) is 31.1 Å². The van der Waals surface area contributed by atoms with E-state index in [2.05, 4.69) is 9.97 Å². The lowest BCUT2D eigenvalue weighted by Gasteiger charge is -2.05. The normalized spacial score (nSPS) is 11.1. The standard InChI is InChI=1S/C13H12FN3O/c1-17(2)12-6-5-11(18-12)13-15-9-4-3-8(14)7-10(9)16-13/h3-7H,1-2H3,(H,15,16). The Hall–Kier alpha value is -2.30.